The van der Waals surface area contributed by atoms with Gasteiger partial charge in [-0.2, -0.15) is 10.1 Å². The van der Waals surface area contributed by atoms with E-state index >= 15 is 0 Å². The lowest BCUT2D eigenvalue weighted by Crippen LogP contribution is -2.43. The minimum Gasteiger partial charge on any atom is -0.365 e. The average molecular weight is 395 g/mol. The lowest BCUT2D eigenvalue weighted by molar-refractivity contribution is 0.100. The summed E-state index contributed by atoms with van der Waals surface area (Å²) < 4.78 is 0. The first-order valence-electron chi connectivity index (χ1n) is 9.64. The molecule has 2 aromatic rings. The van der Waals surface area contributed by atoms with Crippen molar-refractivity contribution in [2.75, 3.05) is 15.8 Å². The van der Waals surface area contributed by atoms with Crippen LogP contribution in [0.5, 0.6) is 0 Å². The van der Waals surface area contributed by atoms with Crippen molar-refractivity contribution in [3.05, 3.63) is 48.4 Å². The molecule has 1 aromatic heterocycles. The number of primary amides is 1. The van der Waals surface area contributed by atoms with E-state index < -0.39 is 5.91 Å². The second-order valence-corrected chi connectivity index (χ2v) is 7.12. The molecule has 0 saturated heterocycles. The second kappa shape index (κ2) is 8.23. The maximum atomic E-state index is 11.9. The molecule has 1 aromatic carbocycles. The zero-order chi connectivity index (χ0) is 20.2. The van der Waals surface area contributed by atoms with Crippen LogP contribution in [-0.2, 0) is 0 Å². The van der Waals surface area contributed by atoms with Crippen molar-refractivity contribution in [2.45, 2.75) is 37.8 Å². The van der Waals surface area contributed by atoms with Crippen LogP contribution >= 0.6 is 0 Å². The molecule has 0 unspecified atom stereocenters. The Kier molecular flexibility index (Phi) is 5.34. The van der Waals surface area contributed by atoms with E-state index in [0.717, 1.165) is 37.1 Å². The molecule has 10 heteroatoms. The van der Waals surface area contributed by atoms with Crippen LogP contribution < -0.4 is 38.1 Å². The van der Waals surface area contributed by atoms with Crippen LogP contribution in [0.25, 0.3) is 0 Å². The first-order valence-corrected chi connectivity index (χ1v) is 9.64. The molecule has 1 amide bonds. The highest BCUT2D eigenvalue weighted by Gasteiger charge is 2.23. The Morgan fingerprint density at radius 3 is 2.76 bits per heavy atom. The number of carbonyl (C=O) groups is 1. The molecule has 2 atom stereocenters. The summed E-state index contributed by atoms with van der Waals surface area (Å²) >= 11 is 0. The third-order valence-electron chi connectivity index (χ3n) is 5.05. The molecule has 0 spiro atoms. The normalized spacial score (nSPS) is 20.7. The molecule has 2 aliphatic rings. The Hall–Kier alpha value is -3.53. The molecule has 4 rings (SSSR count). The lowest BCUT2D eigenvalue weighted by atomic mass is 9.91. The Labute approximate surface area is 168 Å². The number of benzene rings is 1. The monoisotopic (exact) mass is 395 g/mol. The molecular formula is C19H25N9O. The molecule has 0 bridgehead atoms. The number of amides is 1. The SMILES string of the molecule is NC(=O)c1cnc(N[C@@H]2CCCC[C@@H]2N)nc1Nc1cccc(N2NC=CN2)c1. The summed E-state index contributed by atoms with van der Waals surface area (Å²) in [6.45, 7) is 0. The molecule has 1 fully saturated rings. The van der Waals surface area contributed by atoms with Gasteiger partial charge in [0.15, 0.2) is 0 Å². The number of hydrogen-bond donors (Lipinski definition) is 6. The molecule has 1 saturated carbocycles. The topological polar surface area (TPSA) is 146 Å². The molecule has 1 aliphatic heterocycles. The summed E-state index contributed by atoms with van der Waals surface area (Å²) in [6, 6.07) is 7.79. The van der Waals surface area contributed by atoms with Crippen molar-refractivity contribution < 1.29 is 4.79 Å². The largest absolute Gasteiger partial charge is 0.365 e. The number of hydrazine groups is 2. The van der Waals surface area contributed by atoms with Crippen molar-refractivity contribution in [2.24, 2.45) is 11.5 Å². The number of rotatable bonds is 6. The Morgan fingerprint density at radius 1 is 1.21 bits per heavy atom. The Bertz CT molecular complexity index is 908. The summed E-state index contributed by atoms with van der Waals surface area (Å²) in [4.78, 5) is 20.6. The maximum Gasteiger partial charge on any atom is 0.254 e. The maximum absolute atomic E-state index is 11.9. The van der Waals surface area contributed by atoms with E-state index in [0.29, 0.717) is 11.8 Å². The van der Waals surface area contributed by atoms with Crippen LogP contribution in [0.3, 0.4) is 0 Å². The zero-order valence-corrected chi connectivity index (χ0v) is 15.9. The van der Waals surface area contributed by atoms with Crippen LogP contribution in [0, 0.1) is 0 Å². The summed E-state index contributed by atoms with van der Waals surface area (Å²) in [5, 5.41) is 8.23. The van der Waals surface area contributed by atoms with Crippen LogP contribution in [-0.4, -0.2) is 28.0 Å². The van der Waals surface area contributed by atoms with Gasteiger partial charge >= 0.3 is 0 Å². The molecule has 2 heterocycles. The number of anilines is 4. The number of aromatic nitrogens is 2. The van der Waals surface area contributed by atoms with E-state index in [1.807, 2.05) is 24.3 Å². The standard InChI is InChI=1S/C19H25N9O/c20-15-6-1-2-7-16(15)26-19-22-11-14(17(21)29)18(27-19)25-12-4-3-5-13(10-12)28-23-8-9-24-28/h3-5,8-11,15-16,23-24H,1-2,6-7,20H2,(H2,21,29)(H2,22,25,26,27)/t15-,16+/m0/s1. The smallest absolute Gasteiger partial charge is 0.254 e. The quantitative estimate of drug-likeness (QED) is 0.426. The third-order valence-corrected chi connectivity index (χ3v) is 5.05. The first kappa shape index (κ1) is 18.8. The molecule has 1 aliphatic carbocycles. The zero-order valence-electron chi connectivity index (χ0n) is 15.9. The highest BCUT2D eigenvalue weighted by molar-refractivity contribution is 5.98. The molecule has 152 valence electrons. The van der Waals surface area contributed by atoms with Gasteiger partial charge in [0.25, 0.3) is 5.91 Å². The van der Waals surface area contributed by atoms with Crippen molar-refractivity contribution in [3.8, 4) is 0 Å². The highest BCUT2D eigenvalue weighted by Crippen LogP contribution is 2.25. The predicted octanol–water partition coefficient (Wildman–Crippen LogP) is 1.30. The Morgan fingerprint density at radius 2 is 2.00 bits per heavy atom. The minimum absolute atomic E-state index is 0.0605. The van der Waals surface area contributed by atoms with Gasteiger partial charge in [-0.15, -0.1) is 0 Å². The van der Waals surface area contributed by atoms with Crippen LogP contribution in [0.2, 0.25) is 0 Å². The van der Waals surface area contributed by atoms with E-state index in [2.05, 4.69) is 31.5 Å². The average Bonchev–Trinajstić information content (AvgIpc) is 3.25. The van der Waals surface area contributed by atoms with Crippen LogP contribution in [0.4, 0.5) is 23.1 Å². The van der Waals surface area contributed by atoms with Crippen LogP contribution in [0.1, 0.15) is 36.0 Å². The van der Waals surface area contributed by atoms with Gasteiger partial charge in [0.2, 0.25) is 5.95 Å². The summed E-state index contributed by atoms with van der Waals surface area (Å²) in [5.74, 6) is 0.164. The molecule has 8 N–H and O–H groups in total. The van der Waals surface area contributed by atoms with E-state index in [4.69, 9.17) is 11.5 Å². The van der Waals surface area contributed by atoms with Gasteiger partial charge in [-0.05, 0) is 31.0 Å². The number of nitrogens with one attached hydrogen (secondary N) is 4. The number of nitrogens with two attached hydrogens (primary N) is 2. The summed E-state index contributed by atoms with van der Waals surface area (Å²) in [6.07, 6.45) is 9.20. The van der Waals surface area contributed by atoms with E-state index in [9.17, 15) is 4.79 Å². The Balaban J connectivity index is 1.56. The van der Waals surface area contributed by atoms with Crippen molar-refractivity contribution in [1.82, 2.24) is 20.8 Å². The van der Waals surface area contributed by atoms with E-state index in [1.165, 1.54) is 6.20 Å². The van der Waals surface area contributed by atoms with Gasteiger partial charge in [-0.3, -0.25) is 15.6 Å². The van der Waals surface area contributed by atoms with Gasteiger partial charge in [0, 0.05) is 36.4 Å². The molecular weight excluding hydrogens is 370 g/mol. The predicted molar refractivity (Wildman–Crippen MR) is 112 cm³/mol. The molecule has 0 radical (unpaired) electrons. The highest BCUT2D eigenvalue weighted by atomic mass is 16.1. The van der Waals surface area contributed by atoms with Gasteiger partial charge in [0.05, 0.1) is 5.69 Å². The lowest BCUT2D eigenvalue weighted by Gasteiger charge is -2.29. The van der Waals surface area contributed by atoms with Gasteiger partial charge in [0.1, 0.15) is 11.4 Å². The first-order chi connectivity index (χ1) is 14.1. The van der Waals surface area contributed by atoms with Crippen molar-refractivity contribution in [3.63, 3.8) is 0 Å². The second-order valence-electron chi connectivity index (χ2n) is 7.12. The summed E-state index contributed by atoms with van der Waals surface area (Å²) in [7, 11) is 0. The van der Waals surface area contributed by atoms with Crippen molar-refractivity contribution >= 4 is 29.0 Å². The fourth-order valence-electron chi connectivity index (χ4n) is 3.50. The number of carbonyl (C=O) groups excluding carboxylic acids is 1. The van der Waals surface area contributed by atoms with Crippen LogP contribution in [0.15, 0.2) is 42.9 Å². The molecule has 29 heavy (non-hydrogen) atoms. The molecule has 10 nitrogen and oxygen atoms in total. The van der Waals surface area contributed by atoms with Gasteiger partial charge in [-0.25, -0.2) is 4.98 Å². The minimum atomic E-state index is -0.600. The summed E-state index contributed by atoms with van der Waals surface area (Å²) in [5.41, 5.74) is 19.7. The van der Waals surface area contributed by atoms with Crippen molar-refractivity contribution in [1.29, 1.82) is 0 Å². The van der Waals surface area contributed by atoms with Gasteiger partial charge < -0.3 is 22.1 Å². The van der Waals surface area contributed by atoms with E-state index in [1.54, 1.807) is 17.5 Å². The fraction of sp³-hybridized carbons (Fsp3) is 0.316. The number of hydrogen-bond acceptors (Lipinski definition) is 9. The van der Waals surface area contributed by atoms with E-state index in [-0.39, 0.29) is 17.6 Å². The third kappa shape index (κ3) is 4.32. The van der Waals surface area contributed by atoms with Gasteiger partial charge in [-0.1, -0.05) is 18.9 Å². The fourth-order valence-corrected chi connectivity index (χ4v) is 3.50. The number of nitrogens with zero attached hydrogens (tertiary/aromatic N) is 3.